The largest absolute Gasteiger partial charge is 0.365 e. The van der Waals surface area contributed by atoms with Gasteiger partial charge in [0.1, 0.15) is 0 Å². The second-order valence-corrected chi connectivity index (χ2v) is 25.2. The second-order valence-electron chi connectivity index (χ2n) is 25.2. The van der Waals surface area contributed by atoms with Crippen LogP contribution in [0.1, 0.15) is 57.1 Å². The minimum atomic E-state index is -0.393. The third kappa shape index (κ3) is 6.94. The van der Waals surface area contributed by atoms with E-state index >= 15 is 0 Å². The van der Waals surface area contributed by atoms with Gasteiger partial charge in [-0.05, 0) is 142 Å². The number of benzene rings is 11. The van der Waals surface area contributed by atoms with E-state index in [0.29, 0.717) is 12.1 Å². The molecule has 1 aromatic heterocycles. The summed E-state index contributed by atoms with van der Waals surface area (Å²) in [6.07, 6.45) is 6.67. The zero-order valence-electron chi connectivity index (χ0n) is 46.9. The first-order chi connectivity index (χ1) is 40.9. The van der Waals surface area contributed by atoms with Gasteiger partial charge in [-0.25, -0.2) is 0 Å². The number of nitrogens with zero attached hydrogens (tertiary/aromatic N) is 4. The smallest absolute Gasteiger partial charge is 0.252 e. The van der Waals surface area contributed by atoms with Crippen molar-refractivity contribution in [3.05, 3.63) is 260 Å². The summed E-state index contributed by atoms with van der Waals surface area (Å²) in [7, 11) is 0. The van der Waals surface area contributed by atoms with E-state index in [-0.39, 0.29) is 6.71 Å². The van der Waals surface area contributed by atoms with Gasteiger partial charge in [-0.15, -0.1) is 0 Å². The molecule has 2 aliphatic carbocycles. The van der Waals surface area contributed by atoms with Gasteiger partial charge in [-0.1, -0.05) is 214 Å². The number of anilines is 7. The van der Waals surface area contributed by atoms with Crippen LogP contribution in [0, 0.1) is 11.8 Å². The van der Waals surface area contributed by atoms with Crippen LogP contribution in [0.4, 0.5) is 39.8 Å². The summed E-state index contributed by atoms with van der Waals surface area (Å²) in [6, 6.07) is 96.5. The lowest BCUT2D eigenvalue weighted by Gasteiger charge is -2.57. The zero-order chi connectivity index (χ0) is 54.7. The molecule has 6 aliphatic heterocycles. The molecule has 5 heteroatoms. The molecule has 83 heavy (non-hydrogen) atoms. The monoisotopic (exact) mass is 1060 g/mol. The average molecular weight is 1070 g/mol. The minimum absolute atomic E-state index is 0.0979. The van der Waals surface area contributed by atoms with Crippen LogP contribution in [0.5, 0.6) is 0 Å². The summed E-state index contributed by atoms with van der Waals surface area (Å²) < 4.78 is 2.51. The molecule has 2 saturated heterocycles. The van der Waals surface area contributed by atoms with Crippen molar-refractivity contribution in [3.8, 4) is 50.2 Å². The number of piperidine rings is 2. The third-order valence-electron chi connectivity index (χ3n) is 20.5. The predicted molar refractivity (Wildman–Crippen MR) is 349 cm³/mol. The molecule has 4 fully saturated rings. The Hall–Kier alpha value is -9.32. The summed E-state index contributed by atoms with van der Waals surface area (Å²) in [4.78, 5) is 8.38. The van der Waals surface area contributed by atoms with Crippen molar-refractivity contribution >= 4 is 84.7 Å². The fraction of sp³-hybridized carbons (Fsp3) is 0.154. The molecule has 0 spiro atoms. The maximum absolute atomic E-state index is 2.90. The molecule has 2 saturated carbocycles. The Morgan fingerprint density at radius 1 is 0.361 bits per heavy atom. The number of hydrogen-bond acceptors (Lipinski definition) is 3. The summed E-state index contributed by atoms with van der Waals surface area (Å²) in [5, 5.41) is 2.51. The number of rotatable bonds is 6. The highest BCUT2D eigenvalue weighted by Crippen LogP contribution is 2.56. The van der Waals surface area contributed by atoms with Crippen LogP contribution in [-0.4, -0.2) is 23.4 Å². The maximum Gasteiger partial charge on any atom is 0.252 e. The van der Waals surface area contributed by atoms with Crippen molar-refractivity contribution in [1.29, 1.82) is 0 Å². The Morgan fingerprint density at radius 3 is 1.27 bits per heavy atom. The van der Waals surface area contributed by atoms with Gasteiger partial charge >= 0.3 is 0 Å². The van der Waals surface area contributed by atoms with Crippen molar-refractivity contribution in [2.45, 2.75) is 63.5 Å². The van der Waals surface area contributed by atoms with Gasteiger partial charge in [0.15, 0.2) is 0 Å². The van der Waals surface area contributed by atoms with Gasteiger partial charge in [0.2, 0.25) is 0 Å². The Bertz CT molecular complexity index is 4480. The maximum atomic E-state index is 2.90. The van der Waals surface area contributed by atoms with Gasteiger partial charge in [0, 0.05) is 84.6 Å². The Morgan fingerprint density at radius 2 is 0.783 bits per heavy atom. The average Bonchev–Trinajstić information content (AvgIpc) is 1.83. The van der Waals surface area contributed by atoms with Crippen molar-refractivity contribution in [3.63, 3.8) is 0 Å². The van der Waals surface area contributed by atoms with Gasteiger partial charge in [0.25, 0.3) is 6.71 Å². The first-order valence-corrected chi connectivity index (χ1v) is 30.3. The van der Waals surface area contributed by atoms with Crippen molar-refractivity contribution in [2.24, 2.45) is 11.8 Å². The molecule has 20 rings (SSSR count). The van der Waals surface area contributed by atoms with Crippen LogP contribution in [-0.2, 0) is 5.41 Å². The SMILES string of the molecule is CC1(C)c2ccc(cc2)-c2cccc(-c3ccccc3)c2N2c3cc(N4C5CC6CC(C5)CC4C6)ccc3B3c4ccc(-n5c6ccccc6c6ccccc65)cc4N(c4c(-c5ccccc5)cccc4-c4ccccc4)c4cc1cc2c43. The highest BCUT2D eigenvalue weighted by atomic mass is 15.2. The normalized spacial score (nSPS) is 19.2. The molecule has 0 atom stereocenters. The lowest BCUT2D eigenvalue weighted by Crippen LogP contribution is -2.62. The van der Waals surface area contributed by atoms with Crippen LogP contribution in [0.3, 0.4) is 0 Å². The van der Waals surface area contributed by atoms with Crippen molar-refractivity contribution in [1.82, 2.24) is 4.57 Å². The topological polar surface area (TPSA) is 14.7 Å². The first kappa shape index (κ1) is 47.3. The standard InChI is InChI=1S/C78H61BN4/c1-78(2)55-34-32-54(33-35-55)64-29-17-28-63(53-22-10-5-11-23-53)77(64)82-71-47-57(80-59-41-49-40-50(43-59)44-60(80)42-49)36-38-67(71)79-68-39-37-58(81-69-30-14-12-24-65(69)66-25-13-15-31-70(66)81)48-72(68)83(74-46-56(78)45-73(82)75(74)79)76-61(51-18-6-3-7-19-51)26-16-27-62(76)52-20-8-4-9-21-52/h3-39,45-50,59-60H,40-44H2,1-2H3. The Balaban J connectivity index is 1.00. The molecule has 0 radical (unpaired) electrons. The molecular formula is C78H61BN4. The fourth-order valence-corrected chi connectivity index (χ4v) is 16.9. The summed E-state index contributed by atoms with van der Waals surface area (Å²) in [5.74, 6) is 1.72. The van der Waals surface area contributed by atoms with Gasteiger partial charge in [0.05, 0.1) is 22.4 Å². The molecule has 396 valence electrons. The first-order valence-electron chi connectivity index (χ1n) is 30.3. The van der Waals surface area contributed by atoms with Crippen LogP contribution < -0.4 is 31.1 Å². The Kier molecular flexibility index (Phi) is 10.2. The molecule has 8 bridgehead atoms. The number of hydrogen-bond donors (Lipinski definition) is 0. The molecule has 11 aromatic carbocycles. The van der Waals surface area contributed by atoms with Crippen LogP contribution >= 0.6 is 0 Å². The van der Waals surface area contributed by atoms with Gasteiger partial charge < -0.3 is 19.3 Å². The second kappa shape index (κ2) is 17.8. The molecule has 0 N–H and O–H groups in total. The lowest BCUT2D eigenvalue weighted by atomic mass is 9.33. The molecule has 8 aliphatic rings. The summed E-state index contributed by atoms with van der Waals surface area (Å²) in [6.45, 7) is 4.80. The third-order valence-corrected chi connectivity index (χ3v) is 20.5. The molecule has 4 nitrogen and oxygen atoms in total. The van der Waals surface area contributed by atoms with E-state index in [1.54, 1.807) is 0 Å². The van der Waals surface area contributed by atoms with E-state index in [4.69, 9.17) is 0 Å². The van der Waals surface area contributed by atoms with Crippen LogP contribution in [0.2, 0.25) is 0 Å². The number of aromatic nitrogens is 1. The van der Waals surface area contributed by atoms with Gasteiger partial charge in [-0.2, -0.15) is 0 Å². The van der Waals surface area contributed by atoms with E-state index in [1.165, 1.54) is 166 Å². The fourth-order valence-electron chi connectivity index (χ4n) is 16.9. The van der Waals surface area contributed by atoms with E-state index in [2.05, 4.69) is 282 Å². The number of para-hydroxylation sites is 4. The highest BCUT2D eigenvalue weighted by Gasteiger charge is 2.50. The highest BCUT2D eigenvalue weighted by molar-refractivity contribution is 7.00. The Labute approximate surface area is 486 Å². The van der Waals surface area contributed by atoms with Crippen LogP contribution in [0.25, 0.3) is 72.0 Å². The lowest BCUT2D eigenvalue weighted by molar-refractivity contribution is 0.0900. The van der Waals surface area contributed by atoms with Crippen molar-refractivity contribution < 1.29 is 0 Å². The summed E-state index contributed by atoms with van der Waals surface area (Å²) in [5.41, 5.74) is 28.0. The van der Waals surface area contributed by atoms with Crippen molar-refractivity contribution in [2.75, 3.05) is 14.7 Å². The predicted octanol–water partition coefficient (Wildman–Crippen LogP) is 17.9. The molecule has 7 heterocycles. The molecular weight excluding hydrogens is 1000 g/mol. The molecule has 0 amide bonds. The van der Waals surface area contributed by atoms with E-state index in [1.807, 2.05) is 0 Å². The quantitative estimate of drug-likeness (QED) is 0.154. The van der Waals surface area contributed by atoms with E-state index < -0.39 is 5.41 Å². The minimum Gasteiger partial charge on any atom is -0.365 e. The molecule has 12 aromatic rings. The van der Waals surface area contributed by atoms with Crippen LogP contribution in [0.15, 0.2) is 249 Å². The van der Waals surface area contributed by atoms with E-state index in [0.717, 1.165) is 17.5 Å². The van der Waals surface area contributed by atoms with E-state index in [9.17, 15) is 0 Å². The summed E-state index contributed by atoms with van der Waals surface area (Å²) >= 11 is 0. The number of fused-ring (bicyclic) bond motifs is 9. The van der Waals surface area contributed by atoms with Gasteiger partial charge in [-0.3, -0.25) is 0 Å². The zero-order valence-corrected chi connectivity index (χ0v) is 46.9. The molecule has 0 unspecified atom stereocenters.